The Labute approximate surface area is 120 Å². The van der Waals surface area contributed by atoms with Gasteiger partial charge in [0.25, 0.3) is 5.91 Å². The number of H-pyrrole nitrogens is 1. The number of fused-ring (bicyclic) bond motifs is 1. The summed E-state index contributed by atoms with van der Waals surface area (Å²) in [6.07, 6.45) is 2.53. The number of rotatable bonds is 3. The van der Waals surface area contributed by atoms with Crippen LogP contribution in [0.2, 0.25) is 0 Å². The molecule has 1 atom stereocenters. The minimum atomic E-state index is -0.202. The van der Waals surface area contributed by atoms with Crippen molar-refractivity contribution >= 4 is 17.7 Å². The van der Waals surface area contributed by atoms with Crippen LogP contribution in [-0.2, 0) is 6.54 Å². The summed E-state index contributed by atoms with van der Waals surface area (Å²) in [7, 11) is 1.59. The third-order valence-corrected chi connectivity index (χ3v) is 4.74. The number of hydrogen-bond acceptors (Lipinski definition) is 5. The molecule has 2 N–H and O–H groups in total. The fraction of sp³-hybridized carbons (Fsp3) is 0.500. The summed E-state index contributed by atoms with van der Waals surface area (Å²) in [5.41, 5.74) is 0.985. The summed E-state index contributed by atoms with van der Waals surface area (Å²) in [5.74, 6) is 2.46. The second-order valence-corrected chi connectivity index (χ2v) is 5.82. The average Bonchev–Trinajstić information content (AvgIpc) is 3.11. The van der Waals surface area contributed by atoms with E-state index in [0.717, 1.165) is 24.5 Å². The lowest BCUT2D eigenvalue weighted by Crippen LogP contribution is -2.20. The maximum atomic E-state index is 11.8. The Hall–Kier alpha value is -1.83. The second-order valence-electron chi connectivity index (χ2n) is 4.51. The highest BCUT2D eigenvalue weighted by molar-refractivity contribution is 7.99. The van der Waals surface area contributed by atoms with Gasteiger partial charge >= 0.3 is 0 Å². The lowest BCUT2D eigenvalue weighted by atomic mass is 10.2. The van der Waals surface area contributed by atoms with Gasteiger partial charge in [-0.2, -0.15) is 0 Å². The molecule has 0 aromatic carbocycles. The molecule has 0 bridgehead atoms. The first kappa shape index (κ1) is 13.2. The van der Waals surface area contributed by atoms with Crippen LogP contribution in [0.25, 0.3) is 11.5 Å². The van der Waals surface area contributed by atoms with E-state index in [0.29, 0.717) is 22.5 Å². The van der Waals surface area contributed by atoms with E-state index in [-0.39, 0.29) is 5.91 Å². The molecule has 0 radical (unpaired) electrons. The quantitative estimate of drug-likeness (QED) is 0.888. The Bertz CT molecular complexity index is 634. The van der Waals surface area contributed by atoms with Crippen LogP contribution in [0.3, 0.4) is 0 Å². The standard InChI is InChI=1S/C12H16N6OS/c1-3-7-10-16-17-11(18(10)4-5-20-7)8-9(12(19)13-2)15-6-14-8/h6-7H,3-5H2,1-2H3,(H,13,19)(H,14,15). The van der Waals surface area contributed by atoms with Crippen LogP contribution in [-0.4, -0.2) is 43.4 Å². The van der Waals surface area contributed by atoms with Crippen LogP contribution in [0, 0.1) is 0 Å². The molecule has 1 amide bonds. The molecule has 1 unspecified atom stereocenters. The molecular formula is C12H16N6OS. The van der Waals surface area contributed by atoms with Gasteiger partial charge in [-0.15, -0.1) is 22.0 Å². The van der Waals surface area contributed by atoms with Crippen molar-refractivity contribution < 1.29 is 4.79 Å². The maximum Gasteiger partial charge on any atom is 0.269 e. The molecule has 7 nitrogen and oxygen atoms in total. The van der Waals surface area contributed by atoms with Crippen LogP contribution in [0.15, 0.2) is 6.33 Å². The summed E-state index contributed by atoms with van der Waals surface area (Å²) >= 11 is 1.90. The lowest BCUT2D eigenvalue weighted by Gasteiger charge is -2.21. The first-order chi connectivity index (χ1) is 9.76. The molecule has 1 aliphatic rings. The van der Waals surface area contributed by atoms with Crippen LogP contribution in [0.4, 0.5) is 0 Å². The molecule has 0 aliphatic carbocycles. The van der Waals surface area contributed by atoms with Crippen LogP contribution in [0.1, 0.15) is 34.9 Å². The number of nitrogens with one attached hydrogen (secondary N) is 2. The minimum absolute atomic E-state index is 0.202. The summed E-state index contributed by atoms with van der Waals surface area (Å²) in [6, 6.07) is 0. The summed E-state index contributed by atoms with van der Waals surface area (Å²) < 4.78 is 2.08. The molecule has 106 valence electrons. The fourth-order valence-electron chi connectivity index (χ4n) is 2.37. The smallest absolute Gasteiger partial charge is 0.269 e. The maximum absolute atomic E-state index is 11.8. The van der Waals surface area contributed by atoms with Crippen molar-refractivity contribution in [2.45, 2.75) is 25.1 Å². The number of nitrogens with zero attached hydrogens (tertiary/aromatic N) is 4. The minimum Gasteiger partial charge on any atom is -0.354 e. The third kappa shape index (κ3) is 2.00. The molecule has 3 heterocycles. The number of imidazole rings is 1. The number of aromatic nitrogens is 5. The van der Waals surface area contributed by atoms with Crippen molar-refractivity contribution in [2.75, 3.05) is 12.8 Å². The molecule has 0 saturated carbocycles. The molecule has 20 heavy (non-hydrogen) atoms. The Kier molecular flexibility index (Phi) is 3.47. The highest BCUT2D eigenvalue weighted by Gasteiger charge is 2.27. The van der Waals surface area contributed by atoms with Crippen molar-refractivity contribution in [3.63, 3.8) is 0 Å². The zero-order chi connectivity index (χ0) is 14.1. The molecule has 3 rings (SSSR count). The number of carbonyl (C=O) groups excluding carboxylic acids is 1. The molecule has 2 aromatic rings. The number of thioether (sulfide) groups is 1. The van der Waals surface area contributed by atoms with Gasteiger partial charge < -0.3 is 14.9 Å². The zero-order valence-corrected chi connectivity index (χ0v) is 12.2. The molecule has 0 saturated heterocycles. The molecule has 0 fully saturated rings. The van der Waals surface area contributed by atoms with Crippen molar-refractivity contribution in [1.29, 1.82) is 0 Å². The van der Waals surface area contributed by atoms with E-state index in [1.54, 1.807) is 7.05 Å². The van der Waals surface area contributed by atoms with Gasteiger partial charge in [0.1, 0.15) is 17.2 Å². The van der Waals surface area contributed by atoms with Gasteiger partial charge in [-0.1, -0.05) is 6.92 Å². The summed E-state index contributed by atoms with van der Waals surface area (Å²) in [5, 5.41) is 11.5. The van der Waals surface area contributed by atoms with Crippen molar-refractivity contribution in [3.05, 3.63) is 17.8 Å². The second kappa shape index (κ2) is 5.28. The van der Waals surface area contributed by atoms with Crippen molar-refractivity contribution in [1.82, 2.24) is 30.0 Å². The third-order valence-electron chi connectivity index (χ3n) is 3.38. The van der Waals surface area contributed by atoms with Gasteiger partial charge in [-0.25, -0.2) is 4.98 Å². The van der Waals surface area contributed by atoms with Gasteiger partial charge in [-0.3, -0.25) is 4.79 Å². The molecule has 2 aromatic heterocycles. The summed E-state index contributed by atoms with van der Waals surface area (Å²) in [6.45, 7) is 2.99. The Morgan fingerprint density at radius 3 is 3.20 bits per heavy atom. The van der Waals surface area contributed by atoms with E-state index in [9.17, 15) is 4.79 Å². The van der Waals surface area contributed by atoms with E-state index < -0.39 is 0 Å². The van der Waals surface area contributed by atoms with Crippen molar-refractivity contribution in [3.8, 4) is 11.5 Å². The molecule has 0 spiro atoms. The van der Waals surface area contributed by atoms with Gasteiger partial charge in [0.2, 0.25) is 0 Å². The normalized spacial score (nSPS) is 17.8. The van der Waals surface area contributed by atoms with Gasteiger partial charge in [0, 0.05) is 19.3 Å². The predicted octanol–water partition coefficient (Wildman–Crippen LogP) is 1.23. The van der Waals surface area contributed by atoms with Crippen LogP contribution in [0.5, 0.6) is 0 Å². The van der Waals surface area contributed by atoms with E-state index in [1.165, 1.54) is 6.33 Å². The van der Waals surface area contributed by atoms with Crippen LogP contribution < -0.4 is 5.32 Å². The number of hydrogen-bond donors (Lipinski definition) is 2. The van der Waals surface area contributed by atoms with Gasteiger partial charge in [0.05, 0.1) is 11.6 Å². The highest BCUT2D eigenvalue weighted by atomic mass is 32.2. The first-order valence-electron chi connectivity index (χ1n) is 6.56. The zero-order valence-electron chi connectivity index (χ0n) is 11.4. The van der Waals surface area contributed by atoms with E-state index in [4.69, 9.17) is 0 Å². The monoisotopic (exact) mass is 292 g/mol. The van der Waals surface area contributed by atoms with E-state index in [1.807, 2.05) is 11.8 Å². The van der Waals surface area contributed by atoms with Crippen molar-refractivity contribution in [2.24, 2.45) is 0 Å². The molecule has 1 aliphatic heterocycles. The summed E-state index contributed by atoms with van der Waals surface area (Å²) in [4.78, 5) is 18.9. The Balaban J connectivity index is 2.06. The number of carbonyl (C=O) groups is 1. The Morgan fingerprint density at radius 2 is 2.45 bits per heavy atom. The number of aromatic amines is 1. The van der Waals surface area contributed by atoms with Gasteiger partial charge in [-0.05, 0) is 6.42 Å². The average molecular weight is 292 g/mol. The largest absolute Gasteiger partial charge is 0.354 e. The topological polar surface area (TPSA) is 88.5 Å². The van der Waals surface area contributed by atoms with Crippen LogP contribution >= 0.6 is 11.8 Å². The molecular weight excluding hydrogens is 276 g/mol. The molecule has 8 heteroatoms. The SMILES string of the molecule is CCC1SCCn2c(-c3nc[nH]c3C(=O)NC)nnc21. The predicted molar refractivity (Wildman–Crippen MR) is 76.5 cm³/mol. The highest BCUT2D eigenvalue weighted by Crippen LogP contribution is 2.36. The Morgan fingerprint density at radius 1 is 1.60 bits per heavy atom. The van der Waals surface area contributed by atoms with E-state index in [2.05, 4.69) is 37.0 Å². The first-order valence-corrected chi connectivity index (χ1v) is 7.61. The lowest BCUT2D eigenvalue weighted by molar-refractivity contribution is 0.0959. The van der Waals surface area contributed by atoms with E-state index >= 15 is 0 Å². The van der Waals surface area contributed by atoms with Gasteiger partial charge in [0.15, 0.2) is 5.82 Å². The number of amides is 1. The fourth-order valence-corrected chi connectivity index (χ4v) is 3.50.